The van der Waals surface area contributed by atoms with Crippen molar-refractivity contribution >= 4 is 17.5 Å². The largest absolute Gasteiger partial charge is 0.356 e. The summed E-state index contributed by atoms with van der Waals surface area (Å²) >= 11 is 0. The maximum Gasteiger partial charge on any atom is 0.321 e. The lowest BCUT2D eigenvalue weighted by Crippen LogP contribution is -2.50. The van der Waals surface area contributed by atoms with Gasteiger partial charge in [0.1, 0.15) is 11.9 Å². The van der Waals surface area contributed by atoms with E-state index in [-0.39, 0.29) is 17.9 Å². The third-order valence-corrected chi connectivity index (χ3v) is 4.61. The number of rotatable bonds is 3. The van der Waals surface area contributed by atoms with Crippen LogP contribution in [0, 0.1) is 0 Å². The van der Waals surface area contributed by atoms with Crippen molar-refractivity contribution < 1.29 is 14.3 Å². The highest BCUT2D eigenvalue weighted by Crippen LogP contribution is 2.41. The molecule has 0 radical (unpaired) electrons. The van der Waals surface area contributed by atoms with Gasteiger partial charge < -0.3 is 20.7 Å². The highest BCUT2D eigenvalue weighted by molar-refractivity contribution is 6.25. The number of amides is 2. The van der Waals surface area contributed by atoms with Crippen LogP contribution in [0.25, 0.3) is 11.3 Å². The summed E-state index contributed by atoms with van der Waals surface area (Å²) in [6, 6.07) is 4.97. The van der Waals surface area contributed by atoms with Gasteiger partial charge in [-0.2, -0.15) is 5.10 Å². The number of ether oxygens (including phenoxy) is 1. The van der Waals surface area contributed by atoms with Crippen LogP contribution in [-0.2, 0) is 4.74 Å². The molecule has 1 aromatic heterocycles. The molecular weight excluding hydrogens is 334 g/mol. The molecule has 0 bridgehead atoms. The van der Waals surface area contributed by atoms with Crippen LogP contribution >= 0.6 is 0 Å². The standard InChI is InChI=1S/C18H21N5O3/c1-9(2)15-14-16(23-22-15)10-4-3-5-11(13(10)17(14)24)20-18(25)21-12-8-19-6-7-26-12/h3-5,9,12,19H,6-8H2,1-2H3,(H,22,23)(H2,20,21,25). The Morgan fingerprint density at radius 3 is 2.92 bits per heavy atom. The van der Waals surface area contributed by atoms with E-state index in [1.54, 1.807) is 12.1 Å². The molecule has 26 heavy (non-hydrogen) atoms. The first kappa shape index (κ1) is 16.7. The van der Waals surface area contributed by atoms with E-state index in [4.69, 9.17) is 4.74 Å². The predicted molar refractivity (Wildman–Crippen MR) is 96.3 cm³/mol. The summed E-state index contributed by atoms with van der Waals surface area (Å²) in [5.41, 5.74) is 3.77. The van der Waals surface area contributed by atoms with Gasteiger partial charge in [-0.25, -0.2) is 4.79 Å². The Bertz CT molecular complexity index is 868. The predicted octanol–water partition coefficient (Wildman–Crippen LogP) is 1.81. The molecule has 1 saturated heterocycles. The first-order valence-corrected chi connectivity index (χ1v) is 8.72. The molecule has 1 atom stereocenters. The molecule has 8 heteroatoms. The van der Waals surface area contributed by atoms with Gasteiger partial charge in [0, 0.05) is 24.3 Å². The normalized spacial score (nSPS) is 18.6. The van der Waals surface area contributed by atoms with E-state index in [0.29, 0.717) is 35.7 Å². The van der Waals surface area contributed by atoms with E-state index in [1.807, 2.05) is 19.9 Å². The molecular formula is C18H21N5O3. The van der Waals surface area contributed by atoms with Crippen LogP contribution < -0.4 is 16.0 Å². The van der Waals surface area contributed by atoms with Crippen LogP contribution in [0.2, 0.25) is 0 Å². The van der Waals surface area contributed by atoms with Gasteiger partial charge in [0.2, 0.25) is 0 Å². The topological polar surface area (TPSA) is 108 Å². The summed E-state index contributed by atoms with van der Waals surface area (Å²) in [7, 11) is 0. The molecule has 1 aliphatic heterocycles. The average Bonchev–Trinajstić information content (AvgIpc) is 3.17. The Morgan fingerprint density at radius 2 is 2.19 bits per heavy atom. The van der Waals surface area contributed by atoms with Crippen LogP contribution in [0.1, 0.15) is 41.4 Å². The second-order valence-electron chi connectivity index (χ2n) is 6.73. The summed E-state index contributed by atoms with van der Waals surface area (Å²) in [5.74, 6) is 0.0408. The lowest BCUT2D eigenvalue weighted by molar-refractivity contribution is 0.0156. The number of aromatic nitrogens is 2. The Hall–Kier alpha value is -2.71. The van der Waals surface area contributed by atoms with Gasteiger partial charge in [-0.3, -0.25) is 9.89 Å². The number of aromatic amines is 1. The number of urea groups is 1. The van der Waals surface area contributed by atoms with Crippen molar-refractivity contribution in [1.29, 1.82) is 0 Å². The Kier molecular flexibility index (Phi) is 4.21. The van der Waals surface area contributed by atoms with E-state index in [1.165, 1.54) is 0 Å². The van der Waals surface area contributed by atoms with E-state index < -0.39 is 6.03 Å². The van der Waals surface area contributed by atoms with Crippen molar-refractivity contribution in [2.24, 2.45) is 0 Å². The molecule has 1 fully saturated rings. The summed E-state index contributed by atoms with van der Waals surface area (Å²) < 4.78 is 5.46. The lowest BCUT2D eigenvalue weighted by Gasteiger charge is -2.24. The molecule has 1 aromatic carbocycles. The van der Waals surface area contributed by atoms with Crippen molar-refractivity contribution in [2.75, 3.05) is 25.0 Å². The van der Waals surface area contributed by atoms with Crippen LogP contribution in [0.5, 0.6) is 0 Å². The Labute approximate surface area is 150 Å². The highest BCUT2D eigenvalue weighted by atomic mass is 16.5. The quantitative estimate of drug-likeness (QED) is 0.573. The first-order valence-electron chi connectivity index (χ1n) is 8.72. The molecule has 2 aromatic rings. The molecule has 8 nitrogen and oxygen atoms in total. The summed E-state index contributed by atoms with van der Waals surface area (Å²) in [6.07, 6.45) is -0.389. The molecule has 1 unspecified atom stereocenters. The zero-order valence-electron chi connectivity index (χ0n) is 14.7. The van der Waals surface area contributed by atoms with Crippen LogP contribution in [0.3, 0.4) is 0 Å². The maximum absolute atomic E-state index is 13.0. The average molecular weight is 355 g/mol. The monoisotopic (exact) mass is 355 g/mol. The lowest BCUT2D eigenvalue weighted by atomic mass is 10.0. The third kappa shape index (κ3) is 2.77. The zero-order chi connectivity index (χ0) is 18.3. The molecule has 0 saturated carbocycles. The van der Waals surface area contributed by atoms with E-state index in [0.717, 1.165) is 17.8 Å². The smallest absolute Gasteiger partial charge is 0.321 e. The third-order valence-electron chi connectivity index (χ3n) is 4.61. The fraction of sp³-hybridized carbons (Fsp3) is 0.389. The van der Waals surface area contributed by atoms with Crippen LogP contribution in [0.4, 0.5) is 10.5 Å². The van der Waals surface area contributed by atoms with Crippen molar-refractivity contribution in [3.63, 3.8) is 0 Å². The van der Waals surface area contributed by atoms with Crippen LogP contribution in [0.15, 0.2) is 18.2 Å². The number of anilines is 1. The molecule has 2 amide bonds. The molecule has 4 N–H and O–H groups in total. The maximum atomic E-state index is 13.0. The Balaban J connectivity index is 1.59. The molecule has 136 valence electrons. The van der Waals surface area contributed by atoms with Crippen molar-refractivity contribution in [2.45, 2.75) is 26.0 Å². The fourth-order valence-electron chi connectivity index (χ4n) is 3.38. The van der Waals surface area contributed by atoms with Crippen LogP contribution in [-0.4, -0.2) is 47.9 Å². The second kappa shape index (κ2) is 6.54. The van der Waals surface area contributed by atoms with E-state index >= 15 is 0 Å². The second-order valence-corrected chi connectivity index (χ2v) is 6.73. The summed E-state index contributed by atoms with van der Waals surface area (Å²) in [6.45, 7) is 5.88. The van der Waals surface area contributed by atoms with Gasteiger partial charge in [-0.15, -0.1) is 0 Å². The van der Waals surface area contributed by atoms with Crippen molar-refractivity contribution in [1.82, 2.24) is 20.8 Å². The number of fused-ring (bicyclic) bond motifs is 3. The van der Waals surface area contributed by atoms with Crippen molar-refractivity contribution in [3.8, 4) is 11.3 Å². The number of morpholine rings is 1. The van der Waals surface area contributed by atoms with E-state index in [2.05, 4.69) is 26.1 Å². The fourth-order valence-corrected chi connectivity index (χ4v) is 3.38. The number of hydrogen-bond donors (Lipinski definition) is 4. The number of H-pyrrole nitrogens is 1. The molecule has 2 aliphatic rings. The minimum absolute atomic E-state index is 0.112. The van der Waals surface area contributed by atoms with Gasteiger partial charge >= 0.3 is 6.03 Å². The minimum Gasteiger partial charge on any atom is -0.356 e. The van der Waals surface area contributed by atoms with Gasteiger partial charge in [-0.05, 0) is 12.0 Å². The number of nitrogens with one attached hydrogen (secondary N) is 4. The molecule has 4 rings (SSSR count). The Morgan fingerprint density at radius 1 is 1.35 bits per heavy atom. The SMILES string of the molecule is CC(C)c1[nH]nc2c1C(=O)c1c(NC(=O)NC3CNCCO3)cccc1-2. The molecule has 1 aliphatic carbocycles. The van der Waals surface area contributed by atoms with Gasteiger partial charge in [0.15, 0.2) is 5.78 Å². The first-order chi connectivity index (χ1) is 12.6. The zero-order valence-corrected chi connectivity index (χ0v) is 14.7. The number of benzene rings is 1. The van der Waals surface area contributed by atoms with Crippen molar-refractivity contribution in [3.05, 3.63) is 35.0 Å². The summed E-state index contributed by atoms with van der Waals surface area (Å²) in [5, 5.41) is 16.0. The van der Waals surface area contributed by atoms with E-state index in [9.17, 15) is 9.59 Å². The number of ketones is 1. The molecule has 2 heterocycles. The summed E-state index contributed by atoms with van der Waals surface area (Å²) in [4.78, 5) is 25.3. The minimum atomic E-state index is -0.407. The highest BCUT2D eigenvalue weighted by Gasteiger charge is 2.35. The number of carbonyl (C=O) groups excluding carboxylic acids is 2. The van der Waals surface area contributed by atoms with Gasteiger partial charge in [-0.1, -0.05) is 26.0 Å². The number of nitrogens with zero attached hydrogens (tertiary/aromatic N) is 1. The number of hydrogen-bond acceptors (Lipinski definition) is 5. The van der Waals surface area contributed by atoms with Gasteiger partial charge in [0.25, 0.3) is 0 Å². The molecule has 0 spiro atoms. The van der Waals surface area contributed by atoms with Gasteiger partial charge in [0.05, 0.1) is 23.4 Å². The number of carbonyl (C=O) groups is 2.